The van der Waals surface area contributed by atoms with Crippen LogP contribution in [0.15, 0.2) is 0 Å². The van der Waals surface area contributed by atoms with E-state index in [0.29, 0.717) is 31.0 Å². The summed E-state index contributed by atoms with van der Waals surface area (Å²) in [6.45, 7) is 9.45. The number of carbonyl (C=O) groups excluding carboxylic acids is 1. The molecule has 106 valence electrons. The lowest BCUT2D eigenvalue weighted by Crippen LogP contribution is -2.47. The number of nitrogens with one attached hydrogen (secondary N) is 1. The second kappa shape index (κ2) is 7.74. The smallest absolute Gasteiger partial charge is 0.227 e. The minimum absolute atomic E-state index is 0.150. The van der Waals surface area contributed by atoms with Gasteiger partial charge in [-0.15, -0.1) is 0 Å². The van der Waals surface area contributed by atoms with Crippen LogP contribution in [0.5, 0.6) is 0 Å². The van der Waals surface area contributed by atoms with E-state index in [1.54, 1.807) is 7.11 Å². The zero-order chi connectivity index (χ0) is 13.5. The Morgan fingerprint density at radius 2 is 2.17 bits per heavy atom. The fraction of sp³-hybridized carbons (Fsp3) is 0.929. The number of methoxy groups -OCH3 is 1. The summed E-state index contributed by atoms with van der Waals surface area (Å²) in [7, 11) is 1.68. The Kier molecular flexibility index (Phi) is 6.65. The number of rotatable bonds is 6. The molecule has 0 radical (unpaired) electrons. The van der Waals surface area contributed by atoms with E-state index in [2.05, 4.69) is 26.1 Å². The Labute approximate surface area is 111 Å². The van der Waals surface area contributed by atoms with Gasteiger partial charge < -0.3 is 15.0 Å². The molecule has 1 rings (SSSR count). The summed E-state index contributed by atoms with van der Waals surface area (Å²) in [4.78, 5) is 14.4. The molecule has 18 heavy (non-hydrogen) atoms. The molecule has 0 saturated carbocycles. The molecule has 4 heteroatoms. The first kappa shape index (κ1) is 15.4. The van der Waals surface area contributed by atoms with Crippen LogP contribution in [-0.2, 0) is 9.53 Å². The van der Waals surface area contributed by atoms with Crippen molar-refractivity contribution in [3.8, 4) is 0 Å². The molecule has 0 aromatic heterocycles. The Bertz CT molecular complexity index is 248. The zero-order valence-corrected chi connectivity index (χ0v) is 12.2. The lowest BCUT2D eigenvalue weighted by atomic mass is 9.94. The summed E-state index contributed by atoms with van der Waals surface area (Å²) in [6, 6.07) is 0.548. The van der Waals surface area contributed by atoms with E-state index in [9.17, 15) is 4.79 Å². The molecule has 2 unspecified atom stereocenters. The number of piperidine rings is 1. The highest BCUT2D eigenvalue weighted by Crippen LogP contribution is 2.17. The van der Waals surface area contributed by atoms with Crippen molar-refractivity contribution in [2.75, 3.05) is 33.4 Å². The molecular formula is C14H28N2O2. The number of ether oxygens (including phenoxy) is 1. The summed E-state index contributed by atoms with van der Waals surface area (Å²) in [6.07, 6.45) is 2.10. The van der Waals surface area contributed by atoms with Crippen LogP contribution in [0.25, 0.3) is 0 Å². The second-order valence-electron chi connectivity index (χ2n) is 5.75. The lowest BCUT2D eigenvalue weighted by Gasteiger charge is -2.32. The van der Waals surface area contributed by atoms with Crippen molar-refractivity contribution in [3.63, 3.8) is 0 Å². The molecule has 2 atom stereocenters. The Morgan fingerprint density at radius 3 is 2.67 bits per heavy atom. The van der Waals surface area contributed by atoms with Gasteiger partial charge in [0.15, 0.2) is 0 Å². The van der Waals surface area contributed by atoms with Gasteiger partial charge in [-0.05, 0) is 25.7 Å². The molecule has 1 aliphatic rings. The summed E-state index contributed by atoms with van der Waals surface area (Å²) in [5.41, 5.74) is 0. The average molecular weight is 256 g/mol. The SMILES string of the molecule is COCCN(CC(C)C)C(=O)C1CCC(C)NC1. The summed E-state index contributed by atoms with van der Waals surface area (Å²) >= 11 is 0. The van der Waals surface area contributed by atoms with Crippen molar-refractivity contribution in [2.24, 2.45) is 11.8 Å². The molecular weight excluding hydrogens is 228 g/mol. The second-order valence-corrected chi connectivity index (χ2v) is 5.75. The third-order valence-corrected chi connectivity index (χ3v) is 3.47. The zero-order valence-electron chi connectivity index (χ0n) is 12.2. The van der Waals surface area contributed by atoms with Gasteiger partial charge in [-0.25, -0.2) is 0 Å². The molecule has 1 saturated heterocycles. The molecule has 0 aromatic rings. The largest absolute Gasteiger partial charge is 0.383 e. The van der Waals surface area contributed by atoms with Crippen LogP contribution in [0.3, 0.4) is 0 Å². The number of hydrogen-bond acceptors (Lipinski definition) is 3. The summed E-state index contributed by atoms with van der Waals surface area (Å²) in [5.74, 6) is 0.943. The van der Waals surface area contributed by atoms with Crippen LogP contribution in [0, 0.1) is 11.8 Å². The number of amides is 1. The number of hydrogen-bond donors (Lipinski definition) is 1. The Balaban J connectivity index is 2.51. The molecule has 1 fully saturated rings. The van der Waals surface area contributed by atoms with E-state index < -0.39 is 0 Å². The molecule has 1 amide bonds. The third kappa shape index (κ3) is 4.94. The predicted octanol–water partition coefficient (Wildman–Crippen LogP) is 1.51. The molecule has 0 aromatic carbocycles. The Hall–Kier alpha value is -0.610. The van der Waals surface area contributed by atoms with Crippen LogP contribution in [0.2, 0.25) is 0 Å². The molecule has 0 aliphatic carbocycles. The van der Waals surface area contributed by atoms with Gasteiger partial charge in [-0.2, -0.15) is 0 Å². The van der Waals surface area contributed by atoms with Crippen LogP contribution in [-0.4, -0.2) is 50.2 Å². The van der Waals surface area contributed by atoms with Gasteiger partial charge in [0.1, 0.15) is 0 Å². The monoisotopic (exact) mass is 256 g/mol. The van der Waals surface area contributed by atoms with E-state index in [4.69, 9.17) is 4.74 Å². The quantitative estimate of drug-likeness (QED) is 0.783. The molecule has 1 aliphatic heterocycles. The molecule has 1 heterocycles. The van der Waals surface area contributed by atoms with Crippen molar-refractivity contribution < 1.29 is 9.53 Å². The lowest BCUT2D eigenvalue weighted by molar-refractivity contribution is -0.137. The van der Waals surface area contributed by atoms with Crippen LogP contribution in [0.1, 0.15) is 33.6 Å². The van der Waals surface area contributed by atoms with Crippen molar-refractivity contribution in [2.45, 2.75) is 39.7 Å². The Morgan fingerprint density at radius 1 is 1.44 bits per heavy atom. The topological polar surface area (TPSA) is 41.6 Å². The first-order chi connectivity index (χ1) is 8.54. The molecule has 0 spiro atoms. The van der Waals surface area contributed by atoms with Gasteiger partial charge in [-0.1, -0.05) is 13.8 Å². The van der Waals surface area contributed by atoms with Gasteiger partial charge in [0.25, 0.3) is 0 Å². The van der Waals surface area contributed by atoms with Crippen LogP contribution in [0.4, 0.5) is 0 Å². The molecule has 0 bridgehead atoms. The maximum absolute atomic E-state index is 12.5. The summed E-state index contributed by atoms with van der Waals surface area (Å²) < 4.78 is 5.10. The fourth-order valence-electron chi connectivity index (χ4n) is 2.40. The standard InChI is InChI=1S/C14H28N2O2/c1-11(2)10-16(7-8-18-4)14(17)13-6-5-12(3)15-9-13/h11-13,15H,5-10H2,1-4H3. The van der Waals surface area contributed by atoms with Crippen molar-refractivity contribution >= 4 is 5.91 Å². The minimum Gasteiger partial charge on any atom is -0.383 e. The van der Waals surface area contributed by atoms with Gasteiger partial charge in [0.2, 0.25) is 5.91 Å². The van der Waals surface area contributed by atoms with Crippen LogP contribution >= 0.6 is 0 Å². The van der Waals surface area contributed by atoms with E-state index in [0.717, 1.165) is 25.9 Å². The maximum atomic E-state index is 12.5. The number of nitrogens with zero attached hydrogens (tertiary/aromatic N) is 1. The highest BCUT2D eigenvalue weighted by Gasteiger charge is 2.27. The van der Waals surface area contributed by atoms with Crippen molar-refractivity contribution in [1.29, 1.82) is 0 Å². The van der Waals surface area contributed by atoms with E-state index in [1.807, 2.05) is 4.90 Å². The molecule has 1 N–H and O–H groups in total. The fourth-order valence-corrected chi connectivity index (χ4v) is 2.40. The minimum atomic E-state index is 0.150. The first-order valence-electron chi connectivity index (χ1n) is 7.05. The van der Waals surface area contributed by atoms with E-state index >= 15 is 0 Å². The highest BCUT2D eigenvalue weighted by molar-refractivity contribution is 5.79. The maximum Gasteiger partial charge on any atom is 0.227 e. The first-order valence-corrected chi connectivity index (χ1v) is 7.05. The van der Waals surface area contributed by atoms with Crippen molar-refractivity contribution in [1.82, 2.24) is 10.2 Å². The van der Waals surface area contributed by atoms with Gasteiger partial charge in [0, 0.05) is 32.8 Å². The van der Waals surface area contributed by atoms with Crippen molar-refractivity contribution in [3.05, 3.63) is 0 Å². The van der Waals surface area contributed by atoms with E-state index in [1.165, 1.54) is 0 Å². The number of carbonyl (C=O) groups is 1. The normalized spacial score (nSPS) is 24.3. The predicted molar refractivity (Wildman–Crippen MR) is 73.5 cm³/mol. The average Bonchev–Trinajstić information content (AvgIpc) is 2.34. The molecule has 4 nitrogen and oxygen atoms in total. The highest BCUT2D eigenvalue weighted by atomic mass is 16.5. The van der Waals surface area contributed by atoms with Crippen LogP contribution < -0.4 is 5.32 Å². The van der Waals surface area contributed by atoms with Gasteiger partial charge in [0.05, 0.1) is 12.5 Å². The third-order valence-electron chi connectivity index (χ3n) is 3.47. The van der Waals surface area contributed by atoms with Gasteiger partial charge >= 0.3 is 0 Å². The van der Waals surface area contributed by atoms with E-state index in [-0.39, 0.29) is 5.92 Å². The summed E-state index contributed by atoms with van der Waals surface area (Å²) in [5, 5.41) is 3.40. The van der Waals surface area contributed by atoms with Gasteiger partial charge in [-0.3, -0.25) is 4.79 Å².